The fourth-order valence-electron chi connectivity index (χ4n) is 5.25. The molecule has 202 valence electrons. The van der Waals surface area contributed by atoms with E-state index in [1.807, 2.05) is 46.9 Å². The first-order valence-corrected chi connectivity index (χ1v) is 14.3. The third kappa shape index (κ3) is 5.57. The van der Waals surface area contributed by atoms with Crippen molar-refractivity contribution in [1.29, 1.82) is 0 Å². The fourth-order valence-corrected chi connectivity index (χ4v) is 6.08. The Morgan fingerprint density at radius 1 is 1.03 bits per heavy atom. The second-order valence-corrected chi connectivity index (χ2v) is 11.5. The largest absolute Gasteiger partial charge is 0.341 e. The van der Waals surface area contributed by atoms with Gasteiger partial charge in [0.25, 0.3) is 11.1 Å². The number of benzene rings is 2. The lowest BCUT2D eigenvalue weighted by Gasteiger charge is -2.30. The number of aryl methyl sites for hydroxylation is 2. The number of imide groups is 1. The van der Waals surface area contributed by atoms with Crippen molar-refractivity contribution in [1.82, 2.24) is 14.4 Å². The monoisotopic (exact) mass is 543 g/mol. The van der Waals surface area contributed by atoms with Gasteiger partial charge in [0, 0.05) is 35.8 Å². The van der Waals surface area contributed by atoms with E-state index in [4.69, 9.17) is 0 Å². The number of carbonyl (C=O) groups excluding carboxylic acids is 4. The Kier molecular flexibility index (Phi) is 7.75. The SMILES string of the molecule is CCc1cccc2c(/C=C3\SC(=O)N(CC(=O)c4ccc(C)cc4)C3=O)cn(CC(=O)N3CCC(C)CC3)c12. The standard InChI is InChI=1S/C31H33N3O4S/c1-4-22-6-5-7-25-24(17-33(29(22)25)19-28(36)32-14-12-21(3)13-15-32)16-27-30(37)34(31(38)39-27)18-26(35)23-10-8-20(2)9-11-23/h5-11,16-17,21H,4,12-15,18-19H2,1-3H3/b27-16-. The molecule has 2 aliphatic heterocycles. The van der Waals surface area contributed by atoms with E-state index in [0.29, 0.717) is 11.5 Å². The van der Waals surface area contributed by atoms with E-state index in [1.54, 1.807) is 18.2 Å². The third-order valence-corrected chi connectivity index (χ3v) is 8.58. The van der Waals surface area contributed by atoms with E-state index in [-0.39, 0.29) is 29.7 Å². The van der Waals surface area contributed by atoms with Gasteiger partial charge in [-0.25, -0.2) is 0 Å². The number of thioether (sulfide) groups is 1. The number of carbonyl (C=O) groups is 4. The van der Waals surface area contributed by atoms with E-state index >= 15 is 0 Å². The van der Waals surface area contributed by atoms with Crippen LogP contribution in [0.2, 0.25) is 0 Å². The Morgan fingerprint density at radius 3 is 2.44 bits per heavy atom. The molecule has 0 aliphatic carbocycles. The van der Waals surface area contributed by atoms with Gasteiger partial charge in [0.1, 0.15) is 6.54 Å². The third-order valence-electron chi connectivity index (χ3n) is 7.67. The number of Topliss-reactive ketones (excluding diaryl/α,β-unsaturated/α-hetero) is 1. The van der Waals surface area contributed by atoms with Gasteiger partial charge in [0.15, 0.2) is 5.78 Å². The van der Waals surface area contributed by atoms with Crippen LogP contribution in [0.3, 0.4) is 0 Å². The van der Waals surface area contributed by atoms with Gasteiger partial charge < -0.3 is 9.47 Å². The van der Waals surface area contributed by atoms with Crippen LogP contribution in [-0.2, 0) is 22.6 Å². The molecule has 0 atom stereocenters. The van der Waals surface area contributed by atoms with Crippen LogP contribution in [0.15, 0.2) is 53.6 Å². The zero-order valence-corrected chi connectivity index (χ0v) is 23.4. The van der Waals surface area contributed by atoms with Crippen LogP contribution in [0.5, 0.6) is 0 Å². The summed E-state index contributed by atoms with van der Waals surface area (Å²) in [6.07, 6.45) is 6.46. The maximum absolute atomic E-state index is 13.2. The molecule has 2 aromatic carbocycles. The van der Waals surface area contributed by atoms with Crippen LogP contribution in [0.25, 0.3) is 17.0 Å². The van der Waals surface area contributed by atoms with Crippen molar-refractivity contribution in [3.8, 4) is 0 Å². The minimum atomic E-state index is -0.475. The van der Waals surface area contributed by atoms with Gasteiger partial charge in [0.2, 0.25) is 5.91 Å². The molecule has 0 N–H and O–H groups in total. The Morgan fingerprint density at radius 2 is 1.74 bits per heavy atom. The highest BCUT2D eigenvalue weighted by molar-refractivity contribution is 8.18. The summed E-state index contributed by atoms with van der Waals surface area (Å²) in [7, 11) is 0. The molecule has 3 amide bonds. The maximum Gasteiger partial charge on any atom is 0.293 e. The van der Waals surface area contributed by atoms with Crippen molar-refractivity contribution in [3.63, 3.8) is 0 Å². The molecule has 1 aromatic heterocycles. The maximum atomic E-state index is 13.2. The first-order valence-electron chi connectivity index (χ1n) is 13.5. The van der Waals surface area contributed by atoms with Crippen molar-refractivity contribution in [2.45, 2.75) is 46.6 Å². The lowest BCUT2D eigenvalue weighted by molar-refractivity contribution is -0.133. The molecule has 3 aromatic rings. The Labute approximate surface area is 232 Å². The van der Waals surface area contributed by atoms with Crippen LogP contribution in [0.1, 0.15) is 53.7 Å². The van der Waals surface area contributed by atoms with E-state index < -0.39 is 11.1 Å². The van der Waals surface area contributed by atoms with Crippen LogP contribution >= 0.6 is 11.8 Å². The van der Waals surface area contributed by atoms with Crippen molar-refractivity contribution in [2.75, 3.05) is 19.6 Å². The number of para-hydroxylation sites is 1. The summed E-state index contributed by atoms with van der Waals surface area (Å²) in [5.41, 5.74) is 4.35. The van der Waals surface area contributed by atoms with Gasteiger partial charge >= 0.3 is 0 Å². The molecule has 3 heterocycles. The van der Waals surface area contributed by atoms with Crippen molar-refractivity contribution < 1.29 is 19.2 Å². The molecule has 2 saturated heterocycles. The molecular formula is C31H33N3O4S. The fraction of sp³-hybridized carbons (Fsp3) is 0.355. The number of aromatic nitrogens is 1. The van der Waals surface area contributed by atoms with Gasteiger partial charge in [-0.05, 0) is 55.5 Å². The van der Waals surface area contributed by atoms with E-state index in [9.17, 15) is 19.2 Å². The van der Waals surface area contributed by atoms with Gasteiger partial charge in [-0.3, -0.25) is 24.1 Å². The number of rotatable bonds is 7. The van der Waals surface area contributed by atoms with Crippen molar-refractivity contribution in [3.05, 3.63) is 75.8 Å². The van der Waals surface area contributed by atoms with Gasteiger partial charge in [-0.1, -0.05) is 61.9 Å². The molecule has 0 bridgehead atoms. The summed E-state index contributed by atoms with van der Waals surface area (Å²) in [6.45, 7) is 7.72. The molecule has 2 aliphatic rings. The average molecular weight is 544 g/mol. The average Bonchev–Trinajstić information content (AvgIpc) is 3.40. The van der Waals surface area contributed by atoms with E-state index in [1.165, 1.54) is 0 Å². The minimum Gasteiger partial charge on any atom is -0.341 e. The van der Waals surface area contributed by atoms with Crippen LogP contribution < -0.4 is 0 Å². The quantitative estimate of drug-likeness (QED) is 0.283. The zero-order valence-electron chi connectivity index (χ0n) is 22.6. The zero-order chi connectivity index (χ0) is 27.7. The summed E-state index contributed by atoms with van der Waals surface area (Å²) in [4.78, 5) is 55.1. The molecule has 39 heavy (non-hydrogen) atoms. The molecule has 5 rings (SSSR count). The molecule has 0 unspecified atom stereocenters. The first kappa shape index (κ1) is 26.9. The van der Waals surface area contributed by atoms with Crippen LogP contribution in [0, 0.1) is 12.8 Å². The lowest BCUT2D eigenvalue weighted by Crippen LogP contribution is -2.39. The second-order valence-electron chi connectivity index (χ2n) is 10.5. The molecule has 0 saturated carbocycles. The predicted molar refractivity (Wildman–Crippen MR) is 154 cm³/mol. The summed E-state index contributed by atoms with van der Waals surface area (Å²) in [6, 6.07) is 13.1. The Balaban J connectivity index is 1.41. The normalized spacial score (nSPS) is 17.6. The number of likely N-dealkylation sites (tertiary alicyclic amines) is 1. The van der Waals surface area contributed by atoms with Crippen LogP contribution in [-0.4, -0.2) is 56.8 Å². The van der Waals surface area contributed by atoms with Gasteiger partial charge in [0.05, 0.1) is 17.0 Å². The van der Waals surface area contributed by atoms with Gasteiger partial charge in [-0.15, -0.1) is 0 Å². The first-order chi connectivity index (χ1) is 18.7. The number of nitrogens with zero attached hydrogens (tertiary/aromatic N) is 3. The van der Waals surface area contributed by atoms with Gasteiger partial charge in [-0.2, -0.15) is 0 Å². The summed E-state index contributed by atoms with van der Waals surface area (Å²) >= 11 is 0.843. The van der Waals surface area contributed by atoms with Crippen LogP contribution in [0.4, 0.5) is 4.79 Å². The topological polar surface area (TPSA) is 79.7 Å². The number of amides is 3. The van der Waals surface area contributed by atoms with Crippen molar-refractivity contribution in [2.24, 2.45) is 5.92 Å². The van der Waals surface area contributed by atoms with Crippen molar-refractivity contribution >= 4 is 51.6 Å². The molecule has 2 fully saturated rings. The predicted octanol–water partition coefficient (Wildman–Crippen LogP) is 5.69. The molecular weight excluding hydrogens is 510 g/mol. The molecule has 8 heteroatoms. The Hall–Kier alpha value is -3.65. The molecule has 0 spiro atoms. The summed E-state index contributed by atoms with van der Waals surface area (Å²) in [5, 5.41) is 0.469. The Bertz CT molecular complexity index is 1480. The number of ketones is 1. The second kappa shape index (κ2) is 11.2. The highest BCUT2D eigenvalue weighted by atomic mass is 32.2. The number of fused-ring (bicyclic) bond motifs is 1. The summed E-state index contributed by atoms with van der Waals surface area (Å²) < 4.78 is 1.98. The minimum absolute atomic E-state index is 0.0891. The number of hydrogen-bond acceptors (Lipinski definition) is 5. The highest BCUT2D eigenvalue weighted by Crippen LogP contribution is 2.35. The smallest absolute Gasteiger partial charge is 0.293 e. The molecule has 7 nitrogen and oxygen atoms in total. The van der Waals surface area contributed by atoms with E-state index in [2.05, 4.69) is 19.9 Å². The van der Waals surface area contributed by atoms with E-state index in [0.717, 1.165) is 76.6 Å². The lowest BCUT2D eigenvalue weighted by atomic mass is 9.99. The molecule has 0 radical (unpaired) electrons. The number of piperidine rings is 1. The summed E-state index contributed by atoms with van der Waals surface area (Å²) in [5.74, 6) is -0.0293. The highest BCUT2D eigenvalue weighted by Gasteiger charge is 2.36. The number of hydrogen-bond donors (Lipinski definition) is 0.